The Morgan fingerprint density at radius 1 is 1.04 bits per heavy atom. The molecule has 1 saturated carbocycles. The zero-order chi connectivity index (χ0) is 17.8. The average molecular weight is 351 g/mol. The minimum atomic E-state index is 0.369. The van der Waals surface area contributed by atoms with E-state index >= 15 is 0 Å². The predicted molar refractivity (Wildman–Crippen MR) is 108 cm³/mol. The summed E-state index contributed by atoms with van der Waals surface area (Å²) in [6, 6.07) is 4.37. The Morgan fingerprint density at radius 3 is 2.81 bits per heavy atom. The van der Waals surface area contributed by atoms with E-state index in [1.807, 2.05) is 6.20 Å². The molecule has 140 valence electrons. The van der Waals surface area contributed by atoms with Gasteiger partial charge in [0.05, 0.1) is 0 Å². The van der Waals surface area contributed by atoms with Crippen LogP contribution in [0.3, 0.4) is 0 Å². The van der Waals surface area contributed by atoms with Gasteiger partial charge in [0.2, 0.25) is 0 Å². The molecule has 1 aromatic rings. The van der Waals surface area contributed by atoms with Crippen molar-refractivity contribution in [3.63, 3.8) is 0 Å². The number of hydrogen-bond donors (Lipinski definition) is 0. The fourth-order valence-electron chi connectivity index (χ4n) is 7.47. The monoisotopic (exact) mass is 350 g/mol. The first-order valence-corrected chi connectivity index (χ1v) is 11.0. The normalized spacial score (nSPS) is 43.0. The molecule has 4 aliphatic rings. The second kappa shape index (κ2) is 6.19. The van der Waals surface area contributed by atoms with Crippen LogP contribution in [0.1, 0.15) is 70.8 Å². The molecular formula is C24H34N2. The summed E-state index contributed by atoms with van der Waals surface area (Å²) in [5.41, 5.74) is 3.81. The number of aromatic nitrogens is 1. The van der Waals surface area contributed by atoms with Crippen molar-refractivity contribution in [3.8, 4) is 0 Å². The lowest BCUT2D eigenvalue weighted by Gasteiger charge is -2.60. The molecule has 2 aliphatic heterocycles. The number of nitrogens with zero attached hydrogens (tertiary/aromatic N) is 2. The molecule has 26 heavy (non-hydrogen) atoms. The summed E-state index contributed by atoms with van der Waals surface area (Å²) in [6.07, 6.45) is 17.8. The third-order valence-corrected chi connectivity index (χ3v) is 8.85. The molecule has 0 aromatic carbocycles. The lowest BCUT2D eigenvalue weighted by atomic mass is 9.52. The molecule has 2 saturated heterocycles. The van der Waals surface area contributed by atoms with E-state index in [9.17, 15) is 0 Å². The summed E-state index contributed by atoms with van der Waals surface area (Å²) in [5.74, 6) is 2.67. The molecule has 2 heteroatoms. The molecule has 2 nitrogen and oxygen atoms in total. The highest BCUT2D eigenvalue weighted by Gasteiger charge is 2.57. The van der Waals surface area contributed by atoms with E-state index in [1.165, 1.54) is 70.0 Å². The summed E-state index contributed by atoms with van der Waals surface area (Å²) < 4.78 is 0. The molecule has 5 atom stereocenters. The second-order valence-corrected chi connectivity index (χ2v) is 9.87. The van der Waals surface area contributed by atoms with Gasteiger partial charge in [0.25, 0.3) is 0 Å². The van der Waals surface area contributed by atoms with Crippen molar-refractivity contribution in [2.45, 2.75) is 70.8 Å². The van der Waals surface area contributed by atoms with Crippen molar-refractivity contribution < 1.29 is 0 Å². The van der Waals surface area contributed by atoms with E-state index in [4.69, 9.17) is 0 Å². The van der Waals surface area contributed by atoms with Gasteiger partial charge in [-0.05, 0) is 98.9 Å². The predicted octanol–water partition coefficient (Wildman–Crippen LogP) is 5.56. The van der Waals surface area contributed by atoms with Crippen LogP contribution < -0.4 is 0 Å². The Bertz CT molecular complexity index is 695. The molecule has 3 heterocycles. The van der Waals surface area contributed by atoms with E-state index in [0.717, 1.165) is 17.8 Å². The van der Waals surface area contributed by atoms with Gasteiger partial charge in [-0.2, -0.15) is 0 Å². The topological polar surface area (TPSA) is 16.1 Å². The molecule has 0 radical (unpaired) electrons. The van der Waals surface area contributed by atoms with Crippen molar-refractivity contribution in [1.82, 2.24) is 9.88 Å². The molecule has 0 amide bonds. The zero-order valence-electron chi connectivity index (χ0n) is 16.6. The third kappa shape index (κ3) is 2.37. The van der Waals surface area contributed by atoms with E-state index in [2.05, 4.69) is 48.1 Å². The van der Waals surface area contributed by atoms with Gasteiger partial charge in [0.1, 0.15) is 0 Å². The van der Waals surface area contributed by atoms with Crippen LogP contribution in [0.2, 0.25) is 0 Å². The van der Waals surface area contributed by atoms with Crippen LogP contribution >= 0.6 is 0 Å². The number of piperidine rings is 1. The molecule has 5 rings (SSSR count). The summed E-state index contributed by atoms with van der Waals surface area (Å²) >= 11 is 0. The number of fused-ring (bicyclic) bond motifs is 5. The summed E-state index contributed by atoms with van der Waals surface area (Å²) in [5, 5.41) is 0. The third-order valence-electron chi connectivity index (χ3n) is 8.85. The maximum Gasteiger partial charge on any atom is 0.0343 e. The van der Waals surface area contributed by atoms with Gasteiger partial charge in [0.15, 0.2) is 0 Å². The minimum absolute atomic E-state index is 0.369. The second-order valence-electron chi connectivity index (χ2n) is 9.87. The molecule has 0 spiro atoms. The first kappa shape index (κ1) is 17.0. The maximum atomic E-state index is 4.41. The number of rotatable bonds is 1. The summed E-state index contributed by atoms with van der Waals surface area (Å²) in [4.78, 5) is 7.30. The van der Waals surface area contributed by atoms with E-state index in [-0.39, 0.29) is 0 Å². The van der Waals surface area contributed by atoms with Gasteiger partial charge in [-0.1, -0.05) is 31.9 Å². The largest absolute Gasteiger partial charge is 0.298 e. The standard InChI is InChI=1S/C24H34N2/c1-23-13-10-22-19(11-16-26-15-5-3-4-12-24(22,26)2)21(23)9-8-20(23)18-7-6-14-25-17-18/h6-8,14,17,19,21-22H,3-5,9-13,15-16H2,1-2H3. The molecule has 2 aliphatic carbocycles. The van der Waals surface area contributed by atoms with Crippen LogP contribution in [-0.2, 0) is 0 Å². The maximum absolute atomic E-state index is 4.41. The Kier molecular flexibility index (Phi) is 4.04. The van der Waals surface area contributed by atoms with Gasteiger partial charge in [-0.25, -0.2) is 0 Å². The Morgan fingerprint density at radius 2 is 1.96 bits per heavy atom. The van der Waals surface area contributed by atoms with Crippen molar-refractivity contribution in [2.24, 2.45) is 23.2 Å². The lowest BCUT2D eigenvalue weighted by molar-refractivity contribution is -0.0868. The molecule has 0 N–H and O–H groups in total. The smallest absolute Gasteiger partial charge is 0.0343 e. The van der Waals surface area contributed by atoms with Crippen LogP contribution in [0.4, 0.5) is 0 Å². The number of pyridine rings is 1. The molecular weight excluding hydrogens is 316 g/mol. The van der Waals surface area contributed by atoms with Crippen LogP contribution in [0.15, 0.2) is 30.6 Å². The number of allylic oxidation sites excluding steroid dienone is 2. The van der Waals surface area contributed by atoms with Gasteiger partial charge in [-0.15, -0.1) is 0 Å². The molecule has 3 fully saturated rings. The zero-order valence-corrected chi connectivity index (χ0v) is 16.6. The van der Waals surface area contributed by atoms with E-state index < -0.39 is 0 Å². The summed E-state index contributed by atoms with van der Waals surface area (Å²) in [7, 11) is 0. The van der Waals surface area contributed by atoms with Crippen LogP contribution in [0, 0.1) is 23.2 Å². The lowest BCUT2D eigenvalue weighted by Crippen LogP contribution is -2.61. The molecule has 5 unspecified atom stereocenters. The van der Waals surface area contributed by atoms with Crippen molar-refractivity contribution in [3.05, 3.63) is 36.2 Å². The van der Waals surface area contributed by atoms with Gasteiger partial charge < -0.3 is 0 Å². The minimum Gasteiger partial charge on any atom is -0.298 e. The SMILES string of the molecule is CC12CCC3C(CCN4CCCCCC34C)C1CC=C2c1cccnc1. The van der Waals surface area contributed by atoms with Crippen LogP contribution in [0.25, 0.3) is 5.57 Å². The van der Waals surface area contributed by atoms with E-state index in [1.54, 1.807) is 5.57 Å². The van der Waals surface area contributed by atoms with Gasteiger partial charge >= 0.3 is 0 Å². The first-order valence-electron chi connectivity index (χ1n) is 11.0. The van der Waals surface area contributed by atoms with Crippen LogP contribution in [-0.4, -0.2) is 28.5 Å². The molecule has 0 bridgehead atoms. The highest BCUT2D eigenvalue weighted by Crippen LogP contribution is 2.63. The quantitative estimate of drug-likeness (QED) is 0.659. The van der Waals surface area contributed by atoms with Crippen LogP contribution in [0.5, 0.6) is 0 Å². The Balaban J connectivity index is 1.45. The van der Waals surface area contributed by atoms with Crippen molar-refractivity contribution in [1.29, 1.82) is 0 Å². The fraction of sp³-hybridized carbons (Fsp3) is 0.708. The molecule has 1 aromatic heterocycles. The average Bonchev–Trinajstić information content (AvgIpc) is 2.88. The number of hydrogen-bond acceptors (Lipinski definition) is 2. The van der Waals surface area contributed by atoms with Crippen molar-refractivity contribution >= 4 is 5.57 Å². The van der Waals surface area contributed by atoms with Gasteiger partial charge in [0, 0.05) is 17.9 Å². The fourth-order valence-corrected chi connectivity index (χ4v) is 7.47. The van der Waals surface area contributed by atoms with E-state index in [0.29, 0.717) is 11.0 Å². The Hall–Kier alpha value is -1.15. The Labute approximate surface area is 159 Å². The summed E-state index contributed by atoms with van der Waals surface area (Å²) in [6.45, 7) is 7.89. The van der Waals surface area contributed by atoms with Gasteiger partial charge in [-0.3, -0.25) is 9.88 Å². The van der Waals surface area contributed by atoms with Crippen molar-refractivity contribution in [2.75, 3.05) is 13.1 Å². The highest BCUT2D eigenvalue weighted by molar-refractivity contribution is 5.72. The highest BCUT2D eigenvalue weighted by atomic mass is 15.2. The first-order chi connectivity index (χ1) is 12.6.